The molecule has 1 atom stereocenters. The average molecular weight is 399 g/mol. The SMILES string of the molecule is O=C(CN1CCN(C(=O)C2Cc3ccccc3S2)CC1)Nc1ccc(F)cc1. The van der Waals surface area contributed by atoms with E-state index in [-0.39, 0.29) is 29.4 Å². The Balaban J connectivity index is 1.24. The van der Waals surface area contributed by atoms with Gasteiger partial charge in [-0.3, -0.25) is 14.5 Å². The van der Waals surface area contributed by atoms with Gasteiger partial charge >= 0.3 is 0 Å². The number of carbonyl (C=O) groups is 2. The van der Waals surface area contributed by atoms with E-state index in [4.69, 9.17) is 0 Å². The van der Waals surface area contributed by atoms with E-state index < -0.39 is 0 Å². The van der Waals surface area contributed by atoms with Gasteiger partial charge in [-0.2, -0.15) is 0 Å². The van der Waals surface area contributed by atoms with Crippen LogP contribution >= 0.6 is 11.8 Å². The molecule has 2 aromatic carbocycles. The lowest BCUT2D eigenvalue weighted by molar-refractivity contribution is -0.132. The molecule has 0 saturated carbocycles. The molecule has 1 unspecified atom stereocenters. The van der Waals surface area contributed by atoms with Crippen LogP contribution in [0.3, 0.4) is 0 Å². The van der Waals surface area contributed by atoms with Gasteiger partial charge in [0.1, 0.15) is 5.82 Å². The normalized spacial score (nSPS) is 19.3. The quantitative estimate of drug-likeness (QED) is 0.859. The van der Waals surface area contributed by atoms with Gasteiger partial charge in [-0.05, 0) is 42.3 Å². The number of thioether (sulfide) groups is 1. The minimum Gasteiger partial charge on any atom is -0.339 e. The third-order valence-electron chi connectivity index (χ3n) is 5.10. The Morgan fingerprint density at radius 1 is 1.04 bits per heavy atom. The van der Waals surface area contributed by atoms with Crippen molar-refractivity contribution in [3.05, 3.63) is 59.9 Å². The van der Waals surface area contributed by atoms with Crippen LogP contribution in [-0.4, -0.2) is 59.6 Å². The molecule has 146 valence electrons. The van der Waals surface area contributed by atoms with Crippen LogP contribution < -0.4 is 5.32 Å². The summed E-state index contributed by atoms with van der Waals surface area (Å²) < 4.78 is 12.9. The zero-order valence-electron chi connectivity index (χ0n) is 15.4. The lowest BCUT2D eigenvalue weighted by atomic mass is 10.1. The van der Waals surface area contributed by atoms with Crippen LogP contribution in [0.2, 0.25) is 0 Å². The molecular formula is C21H22FN3O2S. The van der Waals surface area contributed by atoms with Gasteiger partial charge in [-0.1, -0.05) is 18.2 Å². The van der Waals surface area contributed by atoms with E-state index in [1.807, 2.05) is 21.9 Å². The van der Waals surface area contributed by atoms with Crippen molar-refractivity contribution >= 4 is 29.3 Å². The van der Waals surface area contributed by atoms with E-state index in [1.165, 1.54) is 22.6 Å². The predicted molar refractivity (Wildman–Crippen MR) is 108 cm³/mol. The minimum atomic E-state index is -0.331. The first-order valence-corrected chi connectivity index (χ1v) is 10.3. The topological polar surface area (TPSA) is 52.7 Å². The number of anilines is 1. The number of nitrogens with one attached hydrogen (secondary N) is 1. The zero-order valence-corrected chi connectivity index (χ0v) is 16.3. The van der Waals surface area contributed by atoms with Crippen LogP contribution in [0.4, 0.5) is 10.1 Å². The van der Waals surface area contributed by atoms with Crippen molar-refractivity contribution in [2.24, 2.45) is 0 Å². The molecular weight excluding hydrogens is 377 g/mol. The number of carbonyl (C=O) groups excluding carboxylic acids is 2. The van der Waals surface area contributed by atoms with Crippen molar-refractivity contribution in [1.29, 1.82) is 0 Å². The van der Waals surface area contributed by atoms with E-state index in [0.29, 0.717) is 31.9 Å². The molecule has 7 heteroatoms. The fraction of sp³-hybridized carbons (Fsp3) is 0.333. The number of piperazine rings is 1. The van der Waals surface area contributed by atoms with Gasteiger partial charge in [-0.15, -0.1) is 11.8 Å². The Labute approximate surface area is 167 Å². The molecule has 2 aliphatic heterocycles. The molecule has 2 heterocycles. The molecule has 1 saturated heterocycles. The van der Waals surface area contributed by atoms with Crippen molar-refractivity contribution in [2.45, 2.75) is 16.6 Å². The van der Waals surface area contributed by atoms with Crippen molar-refractivity contribution in [2.75, 3.05) is 38.0 Å². The number of hydrogen-bond donors (Lipinski definition) is 1. The highest BCUT2D eigenvalue weighted by molar-refractivity contribution is 8.01. The van der Waals surface area contributed by atoms with Crippen molar-refractivity contribution in [1.82, 2.24) is 9.80 Å². The Morgan fingerprint density at radius 3 is 2.46 bits per heavy atom. The van der Waals surface area contributed by atoms with Crippen LogP contribution in [0.15, 0.2) is 53.4 Å². The standard InChI is InChI=1S/C21H22FN3O2S/c22-16-5-7-17(8-6-16)23-20(26)14-24-9-11-25(12-10-24)21(27)19-13-15-3-1-2-4-18(15)28-19/h1-8,19H,9-14H2,(H,23,26). The maximum atomic E-state index is 12.9. The third kappa shape index (κ3) is 4.36. The maximum Gasteiger partial charge on any atom is 0.238 e. The molecule has 2 aromatic rings. The highest BCUT2D eigenvalue weighted by Gasteiger charge is 2.32. The van der Waals surface area contributed by atoms with Gasteiger partial charge in [0.2, 0.25) is 11.8 Å². The molecule has 0 bridgehead atoms. The van der Waals surface area contributed by atoms with Crippen molar-refractivity contribution in [3.8, 4) is 0 Å². The second-order valence-corrected chi connectivity index (χ2v) is 8.32. The summed E-state index contributed by atoms with van der Waals surface area (Å²) in [6.07, 6.45) is 0.792. The monoisotopic (exact) mass is 399 g/mol. The Bertz CT molecular complexity index is 841. The fourth-order valence-corrected chi connectivity index (χ4v) is 4.87. The molecule has 0 spiro atoms. The highest BCUT2D eigenvalue weighted by atomic mass is 32.2. The molecule has 2 aliphatic rings. The molecule has 2 amide bonds. The molecule has 0 aliphatic carbocycles. The number of nitrogens with zero attached hydrogens (tertiary/aromatic N) is 2. The van der Waals surface area contributed by atoms with Gasteiger partial charge < -0.3 is 10.2 Å². The molecule has 0 radical (unpaired) electrons. The summed E-state index contributed by atoms with van der Waals surface area (Å²) >= 11 is 1.66. The number of halogens is 1. The summed E-state index contributed by atoms with van der Waals surface area (Å²) in [5.41, 5.74) is 1.83. The summed E-state index contributed by atoms with van der Waals surface area (Å²) in [6.45, 7) is 2.88. The van der Waals surface area contributed by atoms with Crippen molar-refractivity contribution in [3.63, 3.8) is 0 Å². The lowest BCUT2D eigenvalue weighted by Gasteiger charge is -2.35. The Kier molecular flexibility index (Phi) is 5.64. The minimum absolute atomic E-state index is 0.0364. The maximum absolute atomic E-state index is 12.9. The van der Waals surface area contributed by atoms with Crippen LogP contribution in [-0.2, 0) is 16.0 Å². The average Bonchev–Trinajstić information content (AvgIpc) is 3.14. The second-order valence-electron chi connectivity index (χ2n) is 7.07. The van der Waals surface area contributed by atoms with Crippen LogP contribution in [0.1, 0.15) is 5.56 Å². The second kappa shape index (κ2) is 8.32. The summed E-state index contributed by atoms with van der Waals surface area (Å²) in [7, 11) is 0. The number of rotatable bonds is 4. The largest absolute Gasteiger partial charge is 0.339 e. The van der Waals surface area contributed by atoms with Crippen LogP contribution in [0.5, 0.6) is 0 Å². The van der Waals surface area contributed by atoms with E-state index in [2.05, 4.69) is 17.4 Å². The van der Waals surface area contributed by atoms with Gasteiger partial charge in [0.25, 0.3) is 0 Å². The van der Waals surface area contributed by atoms with Crippen LogP contribution in [0.25, 0.3) is 0 Å². The molecule has 28 heavy (non-hydrogen) atoms. The van der Waals surface area contributed by atoms with Crippen molar-refractivity contribution < 1.29 is 14.0 Å². The zero-order chi connectivity index (χ0) is 19.5. The van der Waals surface area contributed by atoms with Crippen LogP contribution in [0, 0.1) is 5.82 Å². The molecule has 5 nitrogen and oxygen atoms in total. The van der Waals surface area contributed by atoms with E-state index in [0.717, 1.165) is 6.42 Å². The summed E-state index contributed by atoms with van der Waals surface area (Å²) in [5.74, 6) is -0.271. The first-order chi connectivity index (χ1) is 13.6. The summed E-state index contributed by atoms with van der Waals surface area (Å²) in [5, 5.41) is 2.74. The number of benzene rings is 2. The van der Waals surface area contributed by atoms with Gasteiger partial charge in [0.05, 0.1) is 11.8 Å². The van der Waals surface area contributed by atoms with Gasteiger partial charge in [-0.25, -0.2) is 4.39 Å². The molecule has 4 rings (SSSR count). The third-order valence-corrected chi connectivity index (χ3v) is 6.41. The van der Waals surface area contributed by atoms with Gasteiger partial charge in [0.15, 0.2) is 0 Å². The highest BCUT2D eigenvalue weighted by Crippen LogP contribution is 2.37. The van der Waals surface area contributed by atoms with E-state index in [1.54, 1.807) is 23.9 Å². The summed E-state index contributed by atoms with van der Waals surface area (Å²) in [4.78, 5) is 30.2. The Morgan fingerprint density at radius 2 is 1.75 bits per heavy atom. The number of hydrogen-bond acceptors (Lipinski definition) is 4. The van der Waals surface area contributed by atoms with Gasteiger partial charge in [0, 0.05) is 36.8 Å². The molecule has 0 aromatic heterocycles. The number of fused-ring (bicyclic) bond motifs is 1. The fourth-order valence-electron chi connectivity index (χ4n) is 3.59. The first-order valence-electron chi connectivity index (χ1n) is 9.39. The predicted octanol–water partition coefficient (Wildman–Crippen LogP) is 2.63. The number of amides is 2. The smallest absolute Gasteiger partial charge is 0.238 e. The van der Waals surface area contributed by atoms with E-state index >= 15 is 0 Å². The Hall–Kier alpha value is -2.38. The summed E-state index contributed by atoms with van der Waals surface area (Å²) in [6, 6.07) is 13.9. The van der Waals surface area contributed by atoms with E-state index in [9.17, 15) is 14.0 Å². The first kappa shape index (κ1) is 19.0. The molecule has 1 fully saturated rings. The lowest BCUT2D eigenvalue weighted by Crippen LogP contribution is -2.52. The molecule has 1 N–H and O–H groups in total.